The van der Waals surface area contributed by atoms with Gasteiger partial charge in [-0.3, -0.25) is 19.2 Å². The summed E-state index contributed by atoms with van der Waals surface area (Å²) < 4.78 is 14.2. The zero-order chi connectivity index (χ0) is 16.2. The van der Waals surface area contributed by atoms with Crippen molar-refractivity contribution in [1.29, 1.82) is 0 Å². The smallest absolute Gasteiger partial charge is 0.329 e. The second-order valence-electron chi connectivity index (χ2n) is 3.82. The van der Waals surface area contributed by atoms with Crippen LogP contribution in [0.2, 0.25) is 0 Å². The standard InChI is InChI=1S/C11H13N3O7/c1-5(15)14-10(20-7(3)17)12-9(19-6(2)16)13-11(14)21-8(4)18/h10H,1-4H3. The number of esters is 3. The van der Waals surface area contributed by atoms with Crippen molar-refractivity contribution in [3.8, 4) is 0 Å². The molecule has 1 aliphatic heterocycles. The molecule has 0 aromatic carbocycles. The van der Waals surface area contributed by atoms with Gasteiger partial charge in [-0.05, 0) is 0 Å². The molecule has 0 N–H and O–H groups in total. The second-order valence-corrected chi connectivity index (χ2v) is 3.82. The van der Waals surface area contributed by atoms with E-state index in [2.05, 4.69) is 14.7 Å². The first-order valence-electron chi connectivity index (χ1n) is 5.71. The fraction of sp³-hybridized carbons (Fsp3) is 0.455. The highest BCUT2D eigenvalue weighted by Gasteiger charge is 2.35. The average molecular weight is 299 g/mol. The van der Waals surface area contributed by atoms with Gasteiger partial charge in [-0.2, -0.15) is 4.99 Å². The van der Waals surface area contributed by atoms with E-state index in [9.17, 15) is 19.2 Å². The number of amides is 1. The number of nitrogens with zero attached hydrogens (tertiary/aromatic N) is 3. The van der Waals surface area contributed by atoms with E-state index in [1.54, 1.807) is 0 Å². The number of aliphatic imine (C=N–C) groups is 2. The zero-order valence-corrected chi connectivity index (χ0v) is 11.8. The molecule has 1 aliphatic rings. The van der Waals surface area contributed by atoms with Crippen molar-refractivity contribution in [2.75, 3.05) is 0 Å². The summed E-state index contributed by atoms with van der Waals surface area (Å²) in [4.78, 5) is 52.6. The van der Waals surface area contributed by atoms with Gasteiger partial charge in [0.1, 0.15) is 0 Å². The van der Waals surface area contributed by atoms with Crippen LogP contribution >= 0.6 is 0 Å². The molecule has 114 valence electrons. The number of rotatable bonds is 1. The lowest BCUT2D eigenvalue weighted by Gasteiger charge is -2.29. The monoisotopic (exact) mass is 299 g/mol. The van der Waals surface area contributed by atoms with Crippen molar-refractivity contribution in [3.63, 3.8) is 0 Å². The van der Waals surface area contributed by atoms with Crippen LogP contribution in [0.25, 0.3) is 0 Å². The molecule has 21 heavy (non-hydrogen) atoms. The highest BCUT2D eigenvalue weighted by Crippen LogP contribution is 2.14. The van der Waals surface area contributed by atoms with E-state index < -0.39 is 42.2 Å². The lowest BCUT2D eigenvalue weighted by atomic mass is 10.5. The first-order chi connectivity index (χ1) is 9.70. The van der Waals surface area contributed by atoms with Gasteiger partial charge in [0.2, 0.25) is 5.91 Å². The molecule has 10 nitrogen and oxygen atoms in total. The maximum atomic E-state index is 11.6. The molecule has 0 fully saturated rings. The summed E-state index contributed by atoms with van der Waals surface area (Å²) >= 11 is 0. The second kappa shape index (κ2) is 6.59. The highest BCUT2D eigenvalue weighted by atomic mass is 16.6. The van der Waals surface area contributed by atoms with E-state index >= 15 is 0 Å². The van der Waals surface area contributed by atoms with Crippen molar-refractivity contribution in [3.05, 3.63) is 0 Å². The zero-order valence-electron chi connectivity index (χ0n) is 11.8. The number of carbonyl (C=O) groups excluding carboxylic acids is 4. The molecule has 1 atom stereocenters. The molecular weight excluding hydrogens is 286 g/mol. The normalized spacial score (nSPS) is 17.3. The van der Waals surface area contributed by atoms with Crippen molar-refractivity contribution in [1.82, 2.24) is 4.90 Å². The van der Waals surface area contributed by atoms with Crippen LogP contribution in [0, 0.1) is 0 Å². The highest BCUT2D eigenvalue weighted by molar-refractivity contribution is 6.04. The molecule has 0 bridgehead atoms. The van der Waals surface area contributed by atoms with Crippen molar-refractivity contribution < 1.29 is 33.4 Å². The maximum Gasteiger partial charge on any atom is 0.329 e. The van der Waals surface area contributed by atoms with Crippen molar-refractivity contribution in [2.45, 2.75) is 34.0 Å². The van der Waals surface area contributed by atoms with Crippen LogP contribution in [0.1, 0.15) is 27.7 Å². The van der Waals surface area contributed by atoms with Crippen molar-refractivity contribution >= 4 is 35.9 Å². The number of carbonyl (C=O) groups is 4. The Kier molecular flexibility index (Phi) is 5.11. The Morgan fingerprint density at radius 2 is 1.52 bits per heavy atom. The summed E-state index contributed by atoms with van der Waals surface area (Å²) in [7, 11) is 0. The van der Waals surface area contributed by atoms with Crippen LogP contribution in [0.3, 0.4) is 0 Å². The topological polar surface area (TPSA) is 124 Å². The van der Waals surface area contributed by atoms with Gasteiger partial charge in [0, 0.05) is 27.7 Å². The molecule has 0 saturated carbocycles. The largest absolute Gasteiger partial charge is 0.420 e. The SMILES string of the molecule is CC(=O)OC1=NC(OC(C)=O)N(C(C)=O)C(OC(C)=O)=N1. The van der Waals surface area contributed by atoms with E-state index in [4.69, 9.17) is 9.47 Å². The lowest BCUT2D eigenvalue weighted by Crippen LogP contribution is -2.49. The van der Waals surface area contributed by atoms with Gasteiger partial charge < -0.3 is 14.2 Å². The Balaban J connectivity index is 3.19. The third-order valence-corrected chi connectivity index (χ3v) is 1.92. The molecule has 0 aliphatic carbocycles. The van der Waals surface area contributed by atoms with Crippen LogP contribution in [-0.4, -0.2) is 47.1 Å². The lowest BCUT2D eigenvalue weighted by molar-refractivity contribution is -0.157. The van der Waals surface area contributed by atoms with Crippen LogP contribution in [0.4, 0.5) is 0 Å². The molecule has 0 saturated heterocycles. The average Bonchev–Trinajstić information content (AvgIpc) is 2.24. The summed E-state index contributed by atoms with van der Waals surface area (Å²) in [6, 6.07) is -1.00. The Hall–Kier alpha value is -2.78. The molecule has 1 amide bonds. The molecule has 1 rings (SSSR count). The molecule has 1 heterocycles. The third kappa shape index (κ3) is 4.67. The van der Waals surface area contributed by atoms with E-state index in [1.807, 2.05) is 0 Å². The van der Waals surface area contributed by atoms with E-state index in [-0.39, 0.29) is 0 Å². The molecule has 1 unspecified atom stereocenters. The maximum absolute atomic E-state index is 11.6. The molecule has 0 spiro atoms. The summed E-state index contributed by atoms with van der Waals surface area (Å²) in [5.74, 6) is -2.91. The van der Waals surface area contributed by atoms with Gasteiger partial charge >= 0.3 is 30.0 Å². The summed E-state index contributed by atoms with van der Waals surface area (Å²) in [6.45, 7) is 4.40. The first kappa shape index (κ1) is 16.3. The third-order valence-electron chi connectivity index (χ3n) is 1.92. The summed E-state index contributed by atoms with van der Waals surface area (Å²) in [6.07, 6.45) is -1.48. The van der Waals surface area contributed by atoms with Gasteiger partial charge in [-0.25, -0.2) is 4.90 Å². The predicted octanol–water partition coefficient (Wildman–Crippen LogP) is -0.467. The van der Waals surface area contributed by atoms with E-state index in [1.165, 1.54) is 0 Å². The predicted molar refractivity (Wildman–Crippen MR) is 66.5 cm³/mol. The molecular formula is C11H13N3O7. The molecule has 0 radical (unpaired) electrons. The number of hydrogen-bond donors (Lipinski definition) is 0. The Labute approximate surface area is 119 Å². The van der Waals surface area contributed by atoms with Gasteiger partial charge in [0.25, 0.3) is 6.35 Å². The minimum atomic E-state index is -1.48. The summed E-state index contributed by atoms with van der Waals surface area (Å²) in [5, 5.41) is 0. The summed E-state index contributed by atoms with van der Waals surface area (Å²) in [5.41, 5.74) is 0. The molecule has 10 heteroatoms. The van der Waals surface area contributed by atoms with Crippen LogP contribution in [-0.2, 0) is 33.4 Å². The van der Waals surface area contributed by atoms with Gasteiger partial charge in [-0.1, -0.05) is 0 Å². The number of hydrogen-bond acceptors (Lipinski definition) is 9. The quantitative estimate of drug-likeness (QED) is 0.473. The van der Waals surface area contributed by atoms with E-state index in [0.717, 1.165) is 32.6 Å². The fourth-order valence-corrected chi connectivity index (χ4v) is 1.31. The Morgan fingerprint density at radius 3 is 1.95 bits per heavy atom. The number of amidine groups is 2. The minimum absolute atomic E-state index is 0.498. The Morgan fingerprint density at radius 1 is 0.952 bits per heavy atom. The van der Waals surface area contributed by atoms with Crippen molar-refractivity contribution in [2.24, 2.45) is 9.98 Å². The van der Waals surface area contributed by atoms with Crippen LogP contribution in [0.15, 0.2) is 9.98 Å². The first-order valence-corrected chi connectivity index (χ1v) is 5.71. The fourth-order valence-electron chi connectivity index (χ4n) is 1.31. The number of ether oxygens (including phenoxy) is 3. The molecule has 0 aromatic heterocycles. The molecule has 0 aromatic rings. The van der Waals surface area contributed by atoms with Gasteiger partial charge in [-0.15, -0.1) is 4.99 Å². The van der Waals surface area contributed by atoms with E-state index in [0.29, 0.717) is 0 Å². The minimum Gasteiger partial charge on any atom is -0.420 e. The Bertz CT molecular complexity index is 552. The van der Waals surface area contributed by atoms with Crippen LogP contribution < -0.4 is 0 Å². The van der Waals surface area contributed by atoms with Crippen LogP contribution in [0.5, 0.6) is 0 Å². The van der Waals surface area contributed by atoms with Gasteiger partial charge in [0.05, 0.1) is 0 Å². The van der Waals surface area contributed by atoms with Gasteiger partial charge in [0.15, 0.2) is 0 Å².